The Labute approximate surface area is 257 Å². The monoisotopic (exact) mass is 596 g/mol. The van der Waals surface area contributed by atoms with E-state index in [1.165, 1.54) is 29.7 Å². The number of anilines is 2. The van der Waals surface area contributed by atoms with Crippen LogP contribution in [0, 0.1) is 6.92 Å². The van der Waals surface area contributed by atoms with Crippen LogP contribution in [0.15, 0.2) is 59.7 Å². The van der Waals surface area contributed by atoms with Crippen molar-refractivity contribution in [2.24, 2.45) is 7.05 Å². The zero-order valence-corrected chi connectivity index (χ0v) is 26.1. The standard InChI is InChI=1S/C35H40N4O3S/c1-23-29(9-7-10-30(23)37-33(40)32-20-24-8-5-4-6-11-31(24)43-32)26-18-25(34(41)38(3)22-26)19-27-12-13-28(21-36-27)39-16-14-35(2,42)15-17-39/h7,9-10,12-13,18,20-22,42H,4-6,8,11,14-17,19H2,1-3H3,(H,37,40). The van der Waals surface area contributed by atoms with Gasteiger partial charge in [0.05, 0.1) is 22.4 Å². The van der Waals surface area contributed by atoms with E-state index in [1.54, 1.807) is 23.0 Å². The number of rotatable bonds is 6. The number of piperidine rings is 1. The Morgan fingerprint density at radius 3 is 2.65 bits per heavy atom. The van der Waals surface area contributed by atoms with Gasteiger partial charge < -0.3 is 19.9 Å². The first kappa shape index (κ1) is 29.3. The average Bonchev–Trinajstić information content (AvgIpc) is 3.27. The van der Waals surface area contributed by atoms with E-state index < -0.39 is 5.60 Å². The van der Waals surface area contributed by atoms with Crippen molar-refractivity contribution in [1.82, 2.24) is 9.55 Å². The van der Waals surface area contributed by atoms with Crippen LogP contribution in [-0.4, -0.2) is 39.3 Å². The Kier molecular flexibility index (Phi) is 8.25. The minimum atomic E-state index is -0.596. The quantitative estimate of drug-likeness (QED) is 0.256. The summed E-state index contributed by atoms with van der Waals surface area (Å²) in [6.45, 7) is 5.50. The second-order valence-electron chi connectivity index (χ2n) is 12.4. The van der Waals surface area contributed by atoms with Gasteiger partial charge in [0.25, 0.3) is 11.5 Å². The van der Waals surface area contributed by atoms with Gasteiger partial charge in [-0.05, 0) is 105 Å². The Morgan fingerprint density at radius 2 is 1.88 bits per heavy atom. The van der Waals surface area contributed by atoms with E-state index in [4.69, 9.17) is 0 Å². The first-order valence-electron chi connectivity index (χ1n) is 15.3. The molecular weight excluding hydrogens is 556 g/mol. The van der Waals surface area contributed by atoms with Gasteiger partial charge in [-0.3, -0.25) is 14.6 Å². The average molecular weight is 597 g/mol. The Morgan fingerprint density at radius 1 is 1.09 bits per heavy atom. The lowest BCUT2D eigenvalue weighted by Crippen LogP contribution is -2.42. The second-order valence-corrected chi connectivity index (χ2v) is 13.5. The van der Waals surface area contributed by atoms with Crippen LogP contribution in [0.5, 0.6) is 0 Å². The van der Waals surface area contributed by atoms with E-state index in [0.717, 1.165) is 77.4 Å². The zero-order valence-electron chi connectivity index (χ0n) is 25.3. The molecule has 43 heavy (non-hydrogen) atoms. The van der Waals surface area contributed by atoms with Crippen molar-refractivity contribution in [2.45, 2.75) is 70.8 Å². The number of benzene rings is 1. The largest absolute Gasteiger partial charge is 0.390 e. The van der Waals surface area contributed by atoms with Crippen molar-refractivity contribution < 1.29 is 9.90 Å². The summed E-state index contributed by atoms with van der Waals surface area (Å²) in [6, 6.07) is 14.0. The lowest BCUT2D eigenvalue weighted by atomic mass is 9.93. The highest BCUT2D eigenvalue weighted by Gasteiger charge is 2.27. The van der Waals surface area contributed by atoms with E-state index in [-0.39, 0.29) is 11.5 Å². The van der Waals surface area contributed by atoms with E-state index in [2.05, 4.69) is 27.3 Å². The van der Waals surface area contributed by atoms with E-state index >= 15 is 0 Å². The summed E-state index contributed by atoms with van der Waals surface area (Å²) in [5, 5.41) is 13.4. The minimum absolute atomic E-state index is 0.0486. The Balaban J connectivity index is 1.20. The van der Waals surface area contributed by atoms with Gasteiger partial charge in [0.15, 0.2) is 0 Å². The summed E-state index contributed by atoms with van der Waals surface area (Å²) < 4.78 is 1.63. The van der Waals surface area contributed by atoms with Crippen molar-refractivity contribution in [3.05, 3.63) is 97.4 Å². The molecule has 1 saturated heterocycles. The Hall–Kier alpha value is -3.75. The van der Waals surface area contributed by atoms with Crippen molar-refractivity contribution in [2.75, 3.05) is 23.3 Å². The normalized spacial score (nSPS) is 16.4. The summed E-state index contributed by atoms with van der Waals surface area (Å²) in [6.07, 6.45) is 11.4. The summed E-state index contributed by atoms with van der Waals surface area (Å²) in [7, 11) is 1.78. The molecule has 224 valence electrons. The van der Waals surface area contributed by atoms with Crippen LogP contribution in [0.1, 0.15) is 76.0 Å². The SMILES string of the molecule is Cc1c(NC(=O)c2cc3c(s2)CCCCC3)cccc1-c1cc(Cc2ccc(N3CCC(C)(O)CC3)cn2)c(=O)n(C)c1. The van der Waals surface area contributed by atoms with Gasteiger partial charge >= 0.3 is 0 Å². The molecule has 1 amide bonds. The fourth-order valence-corrected chi connectivity index (χ4v) is 7.40. The first-order chi connectivity index (χ1) is 20.7. The maximum absolute atomic E-state index is 13.3. The maximum Gasteiger partial charge on any atom is 0.265 e. The van der Waals surface area contributed by atoms with Gasteiger partial charge in [-0.1, -0.05) is 18.6 Å². The molecule has 1 fully saturated rings. The fraction of sp³-hybridized carbons (Fsp3) is 0.400. The molecule has 0 unspecified atom stereocenters. The van der Waals surface area contributed by atoms with Crippen molar-refractivity contribution in [3.63, 3.8) is 0 Å². The molecule has 3 aromatic heterocycles. The maximum atomic E-state index is 13.3. The van der Waals surface area contributed by atoms with E-state index in [1.807, 2.05) is 56.6 Å². The topological polar surface area (TPSA) is 87.5 Å². The first-order valence-corrected chi connectivity index (χ1v) is 16.1. The molecule has 2 aliphatic rings. The van der Waals surface area contributed by atoms with Gasteiger partial charge in [0.2, 0.25) is 0 Å². The minimum Gasteiger partial charge on any atom is -0.390 e. The zero-order chi connectivity index (χ0) is 30.1. The number of hydrogen-bond donors (Lipinski definition) is 2. The highest BCUT2D eigenvalue weighted by molar-refractivity contribution is 7.14. The molecule has 8 heteroatoms. The number of pyridine rings is 2. The number of aryl methyl sites for hydroxylation is 3. The van der Waals surface area contributed by atoms with Crippen LogP contribution in [0.4, 0.5) is 11.4 Å². The molecule has 1 aliphatic carbocycles. The molecule has 0 radical (unpaired) electrons. The second kappa shape index (κ2) is 12.1. The number of amides is 1. The lowest BCUT2D eigenvalue weighted by molar-refractivity contribution is 0.0351. The predicted octanol–water partition coefficient (Wildman–Crippen LogP) is 6.28. The van der Waals surface area contributed by atoms with Crippen LogP contribution in [0.2, 0.25) is 0 Å². The van der Waals surface area contributed by atoms with Crippen LogP contribution < -0.4 is 15.8 Å². The molecule has 1 aromatic carbocycles. The summed E-state index contributed by atoms with van der Waals surface area (Å²) in [4.78, 5) is 35.5. The molecule has 0 spiro atoms. The molecule has 0 atom stereocenters. The third-order valence-corrected chi connectivity index (χ3v) is 10.2. The summed E-state index contributed by atoms with van der Waals surface area (Å²) in [5.41, 5.74) is 6.85. The molecular formula is C35H40N4O3S. The molecule has 4 heterocycles. The lowest BCUT2D eigenvalue weighted by Gasteiger charge is -2.37. The van der Waals surface area contributed by atoms with Crippen LogP contribution in [0.25, 0.3) is 11.1 Å². The van der Waals surface area contributed by atoms with Gasteiger partial charge in [0, 0.05) is 54.6 Å². The van der Waals surface area contributed by atoms with Crippen molar-refractivity contribution >= 4 is 28.6 Å². The molecule has 0 bridgehead atoms. The summed E-state index contributed by atoms with van der Waals surface area (Å²) >= 11 is 1.63. The predicted molar refractivity (Wildman–Crippen MR) is 175 cm³/mol. The van der Waals surface area contributed by atoms with Crippen LogP contribution >= 0.6 is 11.3 Å². The number of aromatic nitrogens is 2. The smallest absolute Gasteiger partial charge is 0.265 e. The third-order valence-electron chi connectivity index (χ3n) is 9.01. The summed E-state index contributed by atoms with van der Waals surface area (Å²) in [5.74, 6) is -0.0658. The van der Waals surface area contributed by atoms with Gasteiger partial charge in [-0.15, -0.1) is 11.3 Å². The molecule has 2 N–H and O–H groups in total. The van der Waals surface area contributed by atoms with Gasteiger partial charge in [-0.25, -0.2) is 0 Å². The van der Waals surface area contributed by atoms with E-state index in [9.17, 15) is 14.7 Å². The molecule has 0 saturated carbocycles. The number of carbonyl (C=O) groups is 1. The molecule has 1 aliphatic heterocycles. The van der Waals surface area contributed by atoms with Gasteiger partial charge in [-0.2, -0.15) is 0 Å². The number of aliphatic hydroxyl groups is 1. The molecule has 6 rings (SSSR count). The van der Waals surface area contributed by atoms with Crippen molar-refractivity contribution in [3.8, 4) is 11.1 Å². The van der Waals surface area contributed by atoms with E-state index in [0.29, 0.717) is 12.0 Å². The van der Waals surface area contributed by atoms with Crippen LogP contribution in [0.3, 0.4) is 0 Å². The highest BCUT2D eigenvalue weighted by atomic mass is 32.1. The highest BCUT2D eigenvalue weighted by Crippen LogP contribution is 2.32. The number of fused-ring (bicyclic) bond motifs is 1. The fourth-order valence-electron chi connectivity index (χ4n) is 6.25. The Bertz CT molecular complexity index is 1670. The number of hydrogen-bond acceptors (Lipinski definition) is 6. The molecule has 4 aromatic rings. The third kappa shape index (κ3) is 6.45. The van der Waals surface area contributed by atoms with Crippen molar-refractivity contribution in [1.29, 1.82) is 0 Å². The number of carbonyl (C=O) groups excluding carboxylic acids is 1. The number of nitrogens with zero attached hydrogens (tertiary/aromatic N) is 3. The molecule has 7 nitrogen and oxygen atoms in total. The number of thiophene rings is 1. The number of nitrogens with one attached hydrogen (secondary N) is 1. The van der Waals surface area contributed by atoms with Crippen LogP contribution in [-0.2, 0) is 26.3 Å². The van der Waals surface area contributed by atoms with Gasteiger partial charge in [0.1, 0.15) is 0 Å².